The lowest BCUT2D eigenvalue weighted by Gasteiger charge is -2.26. The van der Waals surface area contributed by atoms with Gasteiger partial charge in [0.25, 0.3) is 0 Å². The summed E-state index contributed by atoms with van der Waals surface area (Å²) in [5.74, 6) is 2.12. The third-order valence-electron chi connectivity index (χ3n) is 7.64. The number of benzene rings is 1. The molecule has 1 saturated heterocycles. The summed E-state index contributed by atoms with van der Waals surface area (Å²) in [7, 11) is 1.68. The Morgan fingerprint density at radius 2 is 1.70 bits per heavy atom. The Balaban J connectivity index is 1.64. The predicted molar refractivity (Wildman–Crippen MR) is 135 cm³/mol. The first-order chi connectivity index (χ1) is 16.1. The van der Waals surface area contributed by atoms with E-state index in [-0.39, 0.29) is 11.7 Å². The number of carbonyl (C=O) groups is 1. The summed E-state index contributed by atoms with van der Waals surface area (Å²) < 4.78 is 12.0. The average Bonchev–Trinajstić information content (AvgIpc) is 3.16. The average molecular weight is 453 g/mol. The van der Waals surface area contributed by atoms with E-state index in [1.54, 1.807) is 7.11 Å². The Morgan fingerprint density at radius 1 is 1.03 bits per heavy atom. The van der Waals surface area contributed by atoms with E-state index < -0.39 is 0 Å². The lowest BCUT2D eigenvalue weighted by Crippen LogP contribution is -2.28. The number of Topliss-reactive ketones (excluding diaryl/α,β-unsaturated/α-hetero) is 1. The number of nitrogens with zero attached hydrogens (tertiary/aromatic N) is 2. The van der Waals surface area contributed by atoms with E-state index in [4.69, 9.17) is 14.5 Å². The molecule has 4 rings (SSSR count). The number of allylic oxidation sites excluding steroid dienone is 1. The van der Waals surface area contributed by atoms with E-state index in [2.05, 4.69) is 30.9 Å². The molecule has 2 saturated carbocycles. The van der Waals surface area contributed by atoms with Crippen molar-refractivity contribution in [1.29, 1.82) is 0 Å². The van der Waals surface area contributed by atoms with E-state index in [1.165, 1.54) is 38.5 Å². The number of hydrogen-bond acceptors (Lipinski definition) is 5. The van der Waals surface area contributed by atoms with Crippen LogP contribution in [0.4, 0.5) is 5.69 Å². The van der Waals surface area contributed by atoms with E-state index in [0.717, 1.165) is 55.8 Å². The lowest BCUT2D eigenvalue weighted by molar-refractivity contribution is -0.118. The minimum atomic E-state index is -0.209. The molecule has 5 nitrogen and oxygen atoms in total. The number of aliphatic imine (C=N–C) groups is 1. The van der Waals surface area contributed by atoms with Crippen LogP contribution >= 0.6 is 0 Å². The molecule has 3 fully saturated rings. The van der Waals surface area contributed by atoms with Gasteiger partial charge < -0.3 is 14.4 Å². The fourth-order valence-electron chi connectivity index (χ4n) is 5.72. The van der Waals surface area contributed by atoms with Gasteiger partial charge in [0.05, 0.1) is 13.2 Å². The molecule has 1 aromatic rings. The number of carbonyl (C=O) groups excluding carboxylic acids is 1. The first-order valence-corrected chi connectivity index (χ1v) is 13.1. The zero-order valence-electron chi connectivity index (χ0n) is 20.6. The monoisotopic (exact) mass is 452 g/mol. The maximum absolute atomic E-state index is 13.6. The van der Waals surface area contributed by atoms with Crippen molar-refractivity contribution in [2.75, 3.05) is 25.1 Å². The predicted octanol–water partition coefficient (Wildman–Crippen LogP) is 6.41. The maximum Gasteiger partial charge on any atom is 0.210 e. The summed E-state index contributed by atoms with van der Waals surface area (Å²) >= 11 is 0. The first kappa shape index (κ1) is 23.8. The maximum atomic E-state index is 13.6. The minimum absolute atomic E-state index is 0.103. The van der Waals surface area contributed by atoms with Gasteiger partial charge in [-0.15, -0.1) is 0 Å². The molecular formula is C28H40N2O3. The van der Waals surface area contributed by atoms with Crippen LogP contribution in [0.25, 0.3) is 6.08 Å². The van der Waals surface area contributed by atoms with Crippen LogP contribution in [0, 0.1) is 11.8 Å². The third kappa shape index (κ3) is 5.44. The largest absolute Gasteiger partial charge is 0.496 e. The standard InChI is InChI=1S/C28H40N2O3/c1-4-30(5-2)23-17-16-21(24(19-23)32-3)18-25-27(31)26(20-12-8-6-9-13-20)28(33-25)29-22-14-10-7-11-15-22/h16-20,22,26H,4-15H2,1-3H3/b25-18+,29-28?. The molecule has 0 N–H and O–H groups in total. The number of hydrogen-bond donors (Lipinski definition) is 0. The zero-order chi connectivity index (χ0) is 23.2. The van der Waals surface area contributed by atoms with Gasteiger partial charge in [0.2, 0.25) is 11.7 Å². The normalized spacial score (nSPS) is 24.9. The van der Waals surface area contributed by atoms with Crippen molar-refractivity contribution in [3.05, 3.63) is 29.5 Å². The van der Waals surface area contributed by atoms with Crippen LogP contribution in [0.5, 0.6) is 5.75 Å². The van der Waals surface area contributed by atoms with Crippen molar-refractivity contribution < 1.29 is 14.3 Å². The van der Waals surface area contributed by atoms with Gasteiger partial charge in [-0.2, -0.15) is 0 Å². The molecule has 0 bridgehead atoms. The van der Waals surface area contributed by atoms with Gasteiger partial charge in [0.1, 0.15) is 11.7 Å². The summed E-state index contributed by atoms with van der Waals surface area (Å²) in [6.07, 6.45) is 13.7. The third-order valence-corrected chi connectivity index (χ3v) is 7.64. The Labute approximate surface area is 199 Å². The Hall–Kier alpha value is -2.30. The molecule has 1 heterocycles. The molecule has 0 radical (unpaired) electrons. The van der Waals surface area contributed by atoms with Gasteiger partial charge >= 0.3 is 0 Å². The molecule has 3 aliphatic rings. The molecule has 180 valence electrons. The molecule has 33 heavy (non-hydrogen) atoms. The van der Waals surface area contributed by atoms with Crippen molar-refractivity contribution in [2.24, 2.45) is 16.8 Å². The molecule has 1 aromatic carbocycles. The van der Waals surface area contributed by atoms with E-state index in [9.17, 15) is 4.79 Å². The number of anilines is 1. The van der Waals surface area contributed by atoms with Crippen LogP contribution in [0.1, 0.15) is 83.6 Å². The molecule has 1 unspecified atom stereocenters. The summed E-state index contributed by atoms with van der Waals surface area (Å²) in [6.45, 7) is 6.17. The summed E-state index contributed by atoms with van der Waals surface area (Å²) in [5.41, 5.74) is 2.00. The van der Waals surface area contributed by atoms with Crippen molar-refractivity contribution in [2.45, 2.75) is 84.1 Å². The van der Waals surface area contributed by atoms with Gasteiger partial charge in [-0.3, -0.25) is 9.79 Å². The van der Waals surface area contributed by atoms with Gasteiger partial charge in [-0.25, -0.2) is 0 Å². The van der Waals surface area contributed by atoms with E-state index in [1.807, 2.05) is 12.1 Å². The Morgan fingerprint density at radius 3 is 2.33 bits per heavy atom. The highest BCUT2D eigenvalue weighted by atomic mass is 16.5. The number of methoxy groups -OCH3 is 1. The SMILES string of the molecule is CCN(CC)c1ccc(/C=C2/OC(=NC3CCCCC3)C(C3CCCCC3)C2=O)c(OC)c1. The summed E-state index contributed by atoms with van der Waals surface area (Å²) in [6, 6.07) is 6.47. The molecule has 1 atom stereocenters. The van der Waals surface area contributed by atoms with Crippen LogP contribution in [0.2, 0.25) is 0 Å². The highest BCUT2D eigenvalue weighted by Gasteiger charge is 2.43. The van der Waals surface area contributed by atoms with Crippen LogP contribution in [0.3, 0.4) is 0 Å². The zero-order valence-corrected chi connectivity index (χ0v) is 20.6. The van der Waals surface area contributed by atoms with Crippen molar-refractivity contribution in [3.8, 4) is 5.75 Å². The van der Waals surface area contributed by atoms with Crippen LogP contribution in [0.15, 0.2) is 29.0 Å². The van der Waals surface area contributed by atoms with Crippen molar-refractivity contribution in [3.63, 3.8) is 0 Å². The molecule has 0 aromatic heterocycles. The van der Waals surface area contributed by atoms with Crippen molar-refractivity contribution in [1.82, 2.24) is 0 Å². The van der Waals surface area contributed by atoms with E-state index >= 15 is 0 Å². The summed E-state index contributed by atoms with van der Waals surface area (Å²) in [5, 5.41) is 0. The number of ketones is 1. The topological polar surface area (TPSA) is 51.1 Å². The quantitative estimate of drug-likeness (QED) is 0.449. The summed E-state index contributed by atoms with van der Waals surface area (Å²) in [4.78, 5) is 20.9. The highest BCUT2D eigenvalue weighted by molar-refractivity contribution is 6.17. The van der Waals surface area contributed by atoms with Gasteiger partial charge in [0.15, 0.2) is 5.76 Å². The van der Waals surface area contributed by atoms with Gasteiger partial charge in [-0.05, 0) is 63.7 Å². The smallest absolute Gasteiger partial charge is 0.210 e. The molecular weight excluding hydrogens is 412 g/mol. The Bertz CT molecular complexity index is 875. The molecule has 5 heteroatoms. The molecule has 1 aliphatic heterocycles. The fourth-order valence-corrected chi connectivity index (χ4v) is 5.72. The van der Waals surface area contributed by atoms with Crippen LogP contribution in [-0.2, 0) is 9.53 Å². The second kappa shape index (κ2) is 11.2. The minimum Gasteiger partial charge on any atom is -0.496 e. The molecule has 2 aliphatic carbocycles. The second-order valence-corrected chi connectivity index (χ2v) is 9.71. The number of rotatable bonds is 7. The fraction of sp³-hybridized carbons (Fsp3) is 0.643. The molecule has 0 amide bonds. The molecule has 0 spiro atoms. The van der Waals surface area contributed by atoms with E-state index in [0.29, 0.717) is 23.6 Å². The van der Waals surface area contributed by atoms with Crippen LogP contribution < -0.4 is 9.64 Å². The van der Waals surface area contributed by atoms with Crippen molar-refractivity contribution >= 4 is 23.4 Å². The number of ether oxygens (including phenoxy) is 2. The second-order valence-electron chi connectivity index (χ2n) is 9.71. The van der Waals surface area contributed by atoms with Gasteiger partial charge in [0, 0.05) is 30.4 Å². The van der Waals surface area contributed by atoms with Crippen LogP contribution in [-0.4, -0.2) is 37.9 Å². The lowest BCUT2D eigenvalue weighted by atomic mass is 9.78. The van der Waals surface area contributed by atoms with Gasteiger partial charge in [-0.1, -0.05) is 38.5 Å². The first-order valence-electron chi connectivity index (χ1n) is 13.1. The Kier molecular flexibility index (Phi) is 8.11. The highest BCUT2D eigenvalue weighted by Crippen LogP contribution is 2.39.